The fraction of sp³-hybridized carbons (Fsp3) is 0.818. The second-order valence-corrected chi connectivity index (χ2v) is 4.34. The van der Waals surface area contributed by atoms with E-state index in [0.717, 1.165) is 0 Å². The van der Waals surface area contributed by atoms with Crippen LogP contribution in [0, 0.1) is 11.8 Å². The molecule has 3 heteroatoms. The molecule has 0 aliphatic rings. The number of rotatable bonds is 5. The van der Waals surface area contributed by atoms with Crippen molar-refractivity contribution < 1.29 is 14.3 Å². The van der Waals surface area contributed by atoms with Crippen molar-refractivity contribution in [3.8, 4) is 0 Å². The molecular weight excluding hydrogens is 180 g/mol. The average molecular weight is 200 g/mol. The Kier molecular flexibility index (Phi) is 5.43. The molecule has 14 heavy (non-hydrogen) atoms. The molecule has 0 radical (unpaired) electrons. The Morgan fingerprint density at radius 3 is 1.93 bits per heavy atom. The number of hydrogen-bond acceptors (Lipinski definition) is 3. The van der Waals surface area contributed by atoms with Crippen LogP contribution in [0.4, 0.5) is 0 Å². The molecule has 1 atom stereocenters. The van der Waals surface area contributed by atoms with Gasteiger partial charge in [0.05, 0.1) is 0 Å². The second-order valence-electron chi connectivity index (χ2n) is 4.34. The Balaban J connectivity index is 4.33. The molecule has 82 valence electrons. The predicted octanol–water partition coefficient (Wildman–Crippen LogP) is 2.19. The molecular formula is C11H20O3. The van der Waals surface area contributed by atoms with Crippen LogP contribution >= 0.6 is 0 Å². The Bertz CT molecular complexity index is 207. The lowest BCUT2D eigenvalue weighted by atomic mass is 9.96. The summed E-state index contributed by atoms with van der Waals surface area (Å²) in [5, 5.41) is 0. The molecule has 0 saturated heterocycles. The molecule has 0 spiro atoms. The molecule has 1 unspecified atom stereocenters. The predicted molar refractivity (Wildman–Crippen MR) is 54.9 cm³/mol. The van der Waals surface area contributed by atoms with Crippen molar-refractivity contribution >= 4 is 11.8 Å². The van der Waals surface area contributed by atoms with Crippen LogP contribution in [-0.2, 0) is 14.3 Å². The van der Waals surface area contributed by atoms with Crippen LogP contribution in [0.2, 0.25) is 0 Å². The van der Waals surface area contributed by atoms with Crippen LogP contribution in [0.5, 0.6) is 0 Å². The fourth-order valence-electron chi connectivity index (χ4n) is 1.27. The van der Waals surface area contributed by atoms with Crippen LogP contribution in [0.25, 0.3) is 0 Å². The van der Waals surface area contributed by atoms with Gasteiger partial charge in [-0.2, -0.15) is 0 Å². The summed E-state index contributed by atoms with van der Waals surface area (Å²) < 4.78 is 4.99. The van der Waals surface area contributed by atoms with Gasteiger partial charge in [0.2, 0.25) is 0 Å². The van der Waals surface area contributed by atoms with E-state index >= 15 is 0 Å². The van der Waals surface area contributed by atoms with Gasteiger partial charge < -0.3 is 4.74 Å². The highest BCUT2D eigenvalue weighted by Gasteiger charge is 2.25. The molecule has 0 aliphatic carbocycles. The first-order valence-electron chi connectivity index (χ1n) is 5.04. The number of hydrogen-bond donors (Lipinski definition) is 0. The van der Waals surface area contributed by atoms with Gasteiger partial charge in [0, 0.05) is 13.3 Å². The van der Waals surface area contributed by atoms with Gasteiger partial charge in [0.1, 0.15) is 0 Å². The van der Waals surface area contributed by atoms with Crippen molar-refractivity contribution in [1.82, 2.24) is 0 Å². The van der Waals surface area contributed by atoms with Gasteiger partial charge in [-0.15, -0.1) is 0 Å². The second kappa shape index (κ2) is 5.78. The van der Waals surface area contributed by atoms with Gasteiger partial charge in [-0.1, -0.05) is 27.7 Å². The molecule has 3 nitrogen and oxygen atoms in total. The molecule has 0 aliphatic heterocycles. The third-order valence-corrected chi connectivity index (χ3v) is 1.83. The van der Waals surface area contributed by atoms with E-state index in [1.54, 1.807) is 0 Å². The normalized spacial score (nSPS) is 13.1. The van der Waals surface area contributed by atoms with Crippen LogP contribution in [0.1, 0.15) is 41.0 Å². The quantitative estimate of drug-likeness (QED) is 0.639. The Labute approximate surface area is 85.8 Å². The van der Waals surface area contributed by atoms with Crippen molar-refractivity contribution in [1.29, 1.82) is 0 Å². The maximum atomic E-state index is 11.7. The highest BCUT2D eigenvalue weighted by Crippen LogP contribution is 2.13. The van der Waals surface area contributed by atoms with Crippen LogP contribution in [0.3, 0.4) is 0 Å². The summed E-state index contributed by atoms with van der Waals surface area (Å²) in [5.74, 6) is -0.0181. The van der Waals surface area contributed by atoms with Gasteiger partial charge in [-0.05, 0) is 11.8 Å². The van der Waals surface area contributed by atoms with Crippen molar-refractivity contribution in [2.75, 3.05) is 0 Å². The summed E-state index contributed by atoms with van der Waals surface area (Å²) in [6, 6.07) is 0. The molecule has 0 fully saturated rings. The van der Waals surface area contributed by atoms with E-state index in [1.165, 1.54) is 6.92 Å². The third-order valence-electron chi connectivity index (χ3n) is 1.83. The summed E-state index contributed by atoms with van der Waals surface area (Å²) in [5.41, 5.74) is 0. The maximum Gasteiger partial charge on any atom is 0.303 e. The highest BCUT2D eigenvalue weighted by molar-refractivity contribution is 5.85. The van der Waals surface area contributed by atoms with Gasteiger partial charge in [0.15, 0.2) is 11.9 Å². The van der Waals surface area contributed by atoms with E-state index in [4.69, 9.17) is 4.74 Å². The zero-order chi connectivity index (χ0) is 11.3. The Morgan fingerprint density at radius 2 is 1.64 bits per heavy atom. The van der Waals surface area contributed by atoms with Crippen molar-refractivity contribution in [2.45, 2.75) is 47.1 Å². The van der Waals surface area contributed by atoms with E-state index in [9.17, 15) is 9.59 Å². The molecule has 0 aromatic carbocycles. The topological polar surface area (TPSA) is 43.4 Å². The molecule has 0 saturated carbocycles. The SMILES string of the molecule is CC(=O)OC(C(=O)CC(C)C)C(C)C. The molecule has 0 aromatic rings. The summed E-state index contributed by atoms with van der Waals surface area (Å²) in [4.78, 5) is 22.4. The molecule has 0 aromatic heterocycles. The fourth-order valence-corrected chi connectivity index (χ4v) is 1.27. The van der Waals surface area contributed by atoms with Crippen LogP contribution < -0.4 is 0 Å². The van der Waals surface area contributed by atoms with Crippen molar-refractivity contribution in [3.63, 3.8) is 0 Å². The largest absolute Gasteiger partial charge is 0.454 e. The molecule has 0 rings (SSSR count). The summed E-state index contributed by atoms with van der Waals surface area (Å²) >= 11 is 0. The minimum absolute atomic E-state index is 0.0187. The maximum absolute atomic E-state index is 11.7. The van der Waals surface area contributed by atoms with E-state index in [0.29, 0.717) is 12.3 Å². The number of ketones is 1. The minimum Gasteiger partial charge on any atom is -0.454 e. The van der Waals surface area contributed by atoms with Gasteiger partial charge in [-0.3, -0.25) is 9.59 Å². The van der Waals surface area contributed by atoms with Gasteiger partial charge in [-0.25, -0.2) is 0 Å². The molecule has 0 amide bonds. The minimum atomic E-state index is -0.574. The lowest BCUT2D eigenvalue weighted by molar-refractivity contribution is -0.156. The zero-order valence-electron chi connectivity index (χ0n) is 9.66. The van der Waals surface area contributed by atoms with Crippen LogP contribution in [-0.4, -0.2) is 17.9 Å². The Morgan fingerprint density at radius 1 is 1.14 bits per heavy atom. The molecule has 0 bridgehead atoms. The standard InChI is InChI=1S/C11H20O3/c1-7(2)6-10(13)11(8(3)4)14-9(5)12/h7-8,11H,6H2,1-5H3. The molecule has 0 heterocycles. The number of carbonyl (C=O) groups is 2. The zero-order valence-corrected chi connectivity index (χ0v) is 9.66. The lowest BCUT2D eigenvalue weighted by Gasteiger charge is -2.20. The lowest BCUT2D eigenvalue weighted by Crippen LogP contribution is -2.32. The van der Waals surface area contributed by atoms with Gasteiger partial charge in [0.25, 0.3) is 0 Å². The Hall–Kier alpha value is -0.860. The van der Waals surface area contributed by atoms with Crippen molar-refractivity contribution in [2.24, 2.45) is 11.8 Å². The van der Waals surface area contributed by atoms with Crippen LogP contribution in [0.15, 0.2) is 0 Å². The first kappa shape index (κ1) is 13.1. The van der Waals surface area contributed by atoms with E-state index in [1.807, 2.05) is 27.7 Å². The van der Waals surface area contributed by atoms with E-state index in [-0.39, 0.29) is 17.7 Å². The first-order chi connectivity index (χ1) is 6.34. The number of carbonyl (C=O) groups excluding carboxylic acids is 2. The number of esters is 1. The number of Topliss-reactive ketones (excluding diaryl/α,β-unsaturated/α-hetero) is 1. The monoisotopic (exact) mass is 200 g/mol. The molecule has 0 N–H and O–H groups in total. The third kappa shape index (κ3) is 5.00. The number of ether oxygens (including phenoxy) is 1. The summed E-state index contributed by atoms with van der Waals surface area (Å²) in [7, 11) is 0. The van der Waals surface area contributed by atoms with Gasteiger partial charge >= 0.3 is 5.97 Å². The van der Waals surface area contributed by atoms with Crippen molar-refractivity contribution in [3.05, 3.63) is 0 Å². The van der Waals surface area contributed by atoms with E-state index in [2.05, 4.69) is 0 Å². The average Bonchev–Trinajstić information content (AvgIpc) is 1.97. The first-order valence-corrected chi connectivity index (χ1v) is 5.04. The summed E-state index contributed by atoms with van der Waals surface area (Å²) in [6.45, 7) is 9.04. The smallest absolute Gasteiger partial charge is 0.303 e. The summed E-state index contributed by atoms with van der Waals surface area (Å²) in [6.07, 6.45) is -0.106. The van der Waals surface area contributed by atoms with E-state index < -0.39 is 6.10 Å². The highest BCUT2D eigenvalue weighted by atomic mass is 16.5.